The van der Waals surface area contributed by atoms with E-state index in [2.05, 4.69) is 39.5 Å². The summed E-state index contributed by atoms with van der Waals surface area (Å²) in [6.45, 7) is 11.9. The lowest BCUT2D eigenvalue weighted by atomic mass is 10.1. The Morgan fingerprint density at radius 1 is 0.548 bits per heavy atom. The van der Waals surface area contributed by atoms with E-state index in [1.54, 1.807) is 0 Å². The van der Waals surface area contributed by atoms with Crippen molar-refractivity contribution >= 4 is 8.56 Å². The minimum absolute atomic E-state index is 0.759. The van der Waals surface area contributed by atoms with Crippen LogP contribution in [-0.4, -0.2) is 35.0 Å². The molecule has 0 N–H and O–H groups in total. The van der Waals surface area contributed by atoms with E-state index in [0.717, 1.165) is 45.3 Å². The zero-order valence-electron chi connectivity index (χ0n) is 21.7. The molecule has 0 radical (unpaired) electrons. The van der Waals surface area contributed by atoms with Crippen molar-refractivity contribution in [2.24, 2.45) is 0 Å². The summed E-state index contributed by atoms with van der Waals surface area (Å²) in [5.41, 5.74) is 0. The lowest BCUT2D eigenvalue weighted by Crippen LogP contribution is -2.38. The van der Waals surface area contributed by atoms with Gasteiger partial charge in [0.25, 0.3) is 0 Å². The quantitative estimate of drug-likeness (QED) is 0.0779. The van der Waals surface area contributed by atoms with E-state index >= 15 is 0 Å². The summed E-state index contributed by atoms with van der Waals surface area (Å²) in [6.07, 6.45) is 26.0. The Bertz CT molecular complexity index is 367. The molecule has 0 aliphatic carbocycles. The molecule has 0 fully saturated rings. The van der Waals surface area contributed by atoms with Crippen molar-refractivity contribution in [2.75, 3.05) is 26.4 Å². The molecule has 0 heterocycles. The molecule has 0 amide bonds. The van der Waals surface area contributed by atoms with Gasteiger partial charge in [0.1, 0.15) is 0 Å². The highest BCUT2D eigenvalue weighted by Crippen LogP contribution is 2.17. The first-order valence-corrected chi connectivity index (χ1v) is 16.2. The van der Waals surface area contributed by atoms with Crippen LogP contribution in [-0.2, 0) is 13.6 Å². The van der Waals surface area contributed by atoms with Crippen LogP contribution in [0.5, 0.6) is 0 Å². The molecule has 0 unspecified atom stereocenters. The van der Waals surface area contributed by atoms with Crippen molar-refractivity contribution in [2.45, 2.75) is 136 Å². The minimum Gasteiger partial charge on any atom is -0.395 e. The van der Waals surface area contributed by atoms with Gasteiger partial charge in [-0.05, 0) is 71.4 Å². The molecule has 0 aromatic carbocycles. The number of ether oxygens (including phenoxy) is 1. The molecule has 3 nitrogen and oxygen atoms in total. The summed E-state index contributed by atoms with van der Waals surface area (Å²) in [5, 5.41) is 0. The Balaban J connectivity index is 3.27. The summed E-state index contributed by atoms with van der Waals surface area (Å²) < 4.78 is 17.6. The molecule has 0 aliphatic rings. The molecule has 0 spiro atoms. The van der Waals surface area contributed by atoms with Gasteiger partial charge in [-0.15, -0.1) is 0 Å². The van der Waals surface area contributed by atoms with Crippen LogP contribution in [0.2, 0.25) is 12.6 Å². The lowest BCUT2D eigenvalue weighted by molar-refractivity contribution is 0.125. The first-order valence-electron chi connectivity index (χ1n) is 13.7. The maximum atomic E-state index is 5.89. The molecular formula is C27H56O3Si. The summed E-state index contributed by atoms with van der Waals surface area (Å²) in [6, 6.07) is 1.08. The number of hydrogen-bond acceptors (Lipinski definition) is 3. The molecule has 0 bridgehead atoms. The van der Waals surface area contributed by atoms with Gasteiger partial charge >= 0.3 is 8.56 Å². The third-order valence-corrected chi connectivity index (χ3v) is 8.93. The average Bonchev–Trinajstić information content (AvgIpc) is 2.75. The first-order chi connectivity index (χ1) is 15.2. The predicted molar refractivity (Wildman–Crippen MR) is 139 cm³/mol. The number of allylic oxidation sites excluding steroid dienone is 2. The van der Waals surface area contributed by atoms with Gasteiger partial charge < -0.3 is 13.6 Å². The fraction of sp³-hybridized carbons (Fsp3) is 0.926. The molecule has 0 rings (SSSR count). The second-order valence-corrected chi connectivity index (χ2v) is 12.4. The SMILES string of the molecule is CCCCCCCC/C=C\CCCCCCCCOCCCC[Si](C)(OCC)OCC. The molecule has 0 aliphatic heterocycles. The third-order valence-electron chi connectivity index (χ3n) is 5.87. The monoisotopic (exact) mass is 456 g/mol. The molecule has 0 saturated carbocycles. The van der Waals surface area contributed by atoms with Crippen molar-refractivity contribution in [1.82, 2.24) is 0 Å². The van der Waals surface area contributed by atoms with Gasteiger partial charge in [0.05, 0.1) is 0 Å². The Labute approximate surface area is 197 Å². The van der Waals surface area contributed by atoms with Crippen LogP contribution in [0.3, 0.4) is 0 Å². The van der Waals surface area contributed by atoms with Gasteiger partial charge in [0.2, 0.25) is 0 Å². The fourth-order valence-corrected chi connectivity index (χ4v) is 6.49. The van der Waals surface area contributed by atoms with Crippen LogP contribution in [0, 0.1) is 0 Å². The van der Waals surface area contributed by atoms with Crippen molar-refractivity contribution < 1.29 is 13.6 Å². The minimum atomic E-state index is -1.92. The normalized spacial score (nSPS) is 12.3. The Morgan fingerprint density at radius 2 is 1.00 bits per heavy atom. The first kappa shape index (κ1) is 30.8. The van der Waals surface area contributed by atoms with Gasteiger partial charge in [0, 0.05) is 26.4 Å². The predicted octanol–water partition coefficient (Wildman–Crippen LogP) is 8.97. The van der Waals surface area contributed by atoms with Gasteiger partial charge in [-0.2, -0.15) is 0 Å². The van der Waals surface area contributed by atoms with Crippen molar-refractivity contribution in [3.63, 3.8) is 0 Å². The molecule has 0 aromatic heterocycles. The van der Waals surface area contributed by atoms with E-state index in [9.17, 15) is 0 Å². The van der Waals surface area contributed by atoms with Crippen molar-refractivity contribution in [3.8, 4) is 0 Å². The molecule has 0 aromatic rings. The second kappa shape index (κ2) is 24.5. The number of rotatable bonds is 25. The molecule has 0 atom stereocenters. The van der Waals surface area contributed by atoms with Crippen molar-refractivity contribution in [1.29, 1.82) is 0 Å². The van der Waals surface area contributed by atoms with Crippen molar-refractivity contribution in [3.05, 3.63) is 12.2 Å². The van der Waals surface area contributed by atoms with E-state index < -0.39 is 8.56 Å². The highest BCUT2D eigenvalue weighted by atomic mass is 28.4. The summed E-state index contributed by atoms with van der Waals surface area (Å²) >= 11 is 0. The largest absolute Gasteiger partial charge is 0.395 e. The van der Waals surface area contributed by atoms with Crippen LogP contribution < -0.4 is 0 Å². The fourth-order valence-electron chi connectivity index (χ4n) is 4.00. The highest BCUT2D eigenvalue weighted by molar-refractivity contribution is 6.66. The maximum absolute atomic E-state index is 5.89. The smallest absolute Gasteiger partial charge is 0.334 e. The molecule has 186 valence electrons. The van der Waals surface area contributed by atoms with E-state index in [1.807, 2.05) is 0 Å². The van der Waals surface area contributed by atoms with Gasteiger partial charge in [0.15, 0.2) is 0 Å². The van der Waals surface area contributed by atoms with Crippen LogP contribution in [0.4, 0.5) is 0 Å². The highest BCUT2D eigenvalue weighted by Gasteiger charge is 2.29. The van der Waals surface area contributed by atoms with E-state index in [-0.39, 0.29) is 0 Å². The van der Waals surface area contributed by atoms with Crippen LogP contribution >= 0.6 is 0 Å². The Kier molecular flexibility index (Phi) is 24.3. The summed E-state index contributed by atoms with van der Waals surface area (Å²) in [5.74, 6) is 0. The maximum Gasteiger partial charge on any atom is 0.334 e. The number of unbranched alkanes of at least 4 members (excludes halogenated alkanes) is 13. The Hall–Kier alpha value is -0.163. The zero-order chi connectivity index (χ0) is 22.9. The zero-order valence-corrected chi connectivity index (χ0v) is 22.7. The lowest BCUT2D eigenvalue weighted by Gasteiger charge is -2.25. The summed E-state index contributed by atoms with van der Waals surface area (Å²) in [7, 11) is -1.92. The van der Waals surface area contributed by atoms with E-state index in [4.69, 9.17) is 13.6 Å². The third kappa shape index (κ3) is 22.8. The van der Waals surface area contributed by atoms with E-state index in [1.165, 1.54) is 89.9 Å². The average molecular weight is 457 g/mol. The molecule has 4 heteroatoms. The molecule has 31 heavy (non-hydrogen) atoms. The Morgan fingerprint density at radius 3 is 1.52 bits per heavy atom. The topological polar surface area (TPSA) is 27.7 Å². The second-order valence-electron chi connectivity index (χ2n) is 9.01. The summed E-state index contributed by atoms with van der Waals surface area (Å²) in [4.78, 5) is 0. The van der Waals surface area contributed by atoms with Crippen LogP contribution in [0.25, 0.3) is 0 Å². The van der Waals surface area contributed by atoms with Gasteiger partial charge in [-0.1, -0.05) is 76.9 Å². The van der Waals surface area contributed by atoms with Crippen LogP contribution in [0.15, 0.2) is 12.2 Å². The van der Waals surface area contributed by atoms with Gasteiger partial charge in [-0.3, -0.25) is 0 Å². The molecule has 0 saturated heterocycles. The molecular weight excluding hydrogens is 400 g/mol. The number of hydrogen-bond donors (Lipinski definition) is 0. The van der Waals surface area contributed by atoms with Crippen LogP contribution in [0.1, 0.15) is 124 Å². The standard InChI is InChI=1S/C27H56O3Si/c1-5-8-9-10-11-12-13-14-15-16-17-18-19-20-21-22-25-28-26-23-24-27-31(4,29-6-2)30-7-3/h14-15H,5-13,16-27H2,1-4H3/b15-14-. The van der Waals surface area contributed by atoms with E-state index in [0.29, 0.717) is 0 Å². The van der Waals surface area contributed by atoms with Gasteiger partial charge in [-0.25, -0.2) is 0 Å².